The number of carbonyl (C=O) groups is 2. The number of carbonyl (C=O) groups excluding carboxylic acids is 2. The highest BCUT2D eigenvalue weighted by molar-refractivity contribution is 6.30. The average molecular weight is 462 g/mol. The van der Waals surface area contributed by atoms with Crippen LogP contribution in [-0.4, -0.2) is 67.0 Å². The number of hydrogen-bond acceptors (Lipinski definition) is 4. The van der Waals surface area contributed by atoms with Crippen molar-refractivity contribution in [1.82, 2.24) is 15.1 Å². The van der Waals surface area contributed by atoms with Gasteiger partial charge in [0.15, 0.2) is 0 Å². The zero-order valence-electron chi connectivity index (χ0n) is 18.2. The summed E-state index contributed by atoms with van der Waals surface area (Å²) in [7, 11) is 0. The van der Waals surface area contributed by atoms with E-state index >= 15 is 0 Å². The van der Waals surface area contributed by atoms with E-state index in [4.69, 9.17) is 16.3 Å². The van der Waals surface area contributed by atoms with E-state index in [0.29, 0.717) is 24.8 Å². The van der Waals surface area contributed by atoms with Crippen LogP contribution in [0.1, 0.15) is 18.1 Å². The van der Waals surface area contributed by atoms with Crippen molar-refractivity contribution in [1.29, 1.82) is 0 Å². The van der Waals surface area contributed by atoms with Crippen molar-refractivity contribution >= 4 is 23.4 Å². The van der Waals surface area contributed by atoms with Gasteiger partial charge >= 0.3 is 0 Å². The van der Waals surface area contributed by atoms with E-state index < -0.39 is 6.04 Å². The first-order chi connectivity index (χ1) is 15.4. The van der Waals surface area contributed by atoms with Crippen LogP contribution in [-0.2, 0) is 27.3 Å². The standard InChI is InChI=1S/C24H29ClFN3O3/c1-18(24(31)27-10-11-28-12-14-32-15-13-28)29(17-20-4-8-22(26)9-5-20)23(30)16-19-2-6-21(25)7-3-19/h2-9,18H,10-17H2,1H3,(H,27,31). The first kappa shape index (κ1) is 24.2. The van der Waals surface area contributed by atoms with Gasteiger partial charge < -0.3 is 15.0 Å². The van der Waals surface area contributed by atoms with Gasteiger partial charge in [0.2, 0.25) is 11.8 Å². The molecule has 0 radical (unpaired) electrons. The molecule has 6 nitrogen and oxygen atoms in total. The van der Waals surface area contributed by atoms with Gasteiger partial charge in [0.1, 0.15) is 11.9 Å². The molecule has 0 aromatic heterocycles. The molecule has 2 aromatic rings. The molecular formula is C24H29ClFN3O3. The SMILES string of the molecule is CC(C(=O)NCCN1CCOCC1)N(Cc1ccc(F)cc1)C(=O)Cc1ccc(Cl)cc1. The number of nitrogens with zero attached hydrogens (tertiary/aromatic N) is 2. The van der Waals surface area contributed by atoms with E-state index in [1.807, 2.05) is 0 Å². The molecule has 3 rings (SSSR count). The number of hydrogen-bond donors (Lipinski definition) is 1. The van der Waals surface area contributed by atoms with E-state index in [1.165, 1.54) is 17.0 Å². The lowest BCUT2D eigenvalue weighted by atomic mass is 10.1. The largest absolute Gasteiger partial charge is 0.379 e. The summed E-state index contributed by atoms with van der Waals surface area (Å²) in [4.78, 5) is 29.8. The Morgan fingerprint density at radius 1 is 1.09 bits per heavy atom. The smallest absolute Gasteiger partial charge is 0.242 e. The Kier molecular flexibility index (Phi) is 9.02. The molecule has 8 heteroatoms. The summed E-state index contributed by atoms with van der Waals surface area (Å²) in [5.74, 6) is -0.751. The number of morpholine rings is 1. The topological polar surface area (TPSA) is 61.9 Å². The molecule has 1 aliphatic rings. The predicted molar refractivity (Wildman–Crippen MR) is 122 cm³/mol. The van der Waals surface area contributed by atoms with E-state index in [0.717, 1.165) is 30.8 Å². The maximum absolute atomic E-state index is 13.3. The predicted octanol–water partition coefficient (Wildman–Crippen LogP) is 2.89. The minimum atomic E-state index is -0.676. The maximum atomic E-state index is 13.3. The van der Waals surface area contributed by atoms with E-state index in [2.05, 4.69) is 10.2 Å². The molecule has 1 aliphatic heterocycles. The van der Waals surface area contributed by atoms with Crippen molar-refractivity contribution in [3.05, 3.63) is 70.5 Å². The lowest BCUT2D eigenvalue weighted by molar-refractivity contribution is -0.140. The third kappa shape index (κ3) is 7.29. The van der Waals surface area contributed by atoms with E-state index in [9.17, 15) is 14.0 Å². The molecule has 0 aliphatic carbocycles. The fraction of sp³-hybridized carbons (Fsp3) is 0.417. The second-order valence-corrected chi connectivity index (χ2v) is 8.31. The highest BCUT2D eigenvalue weighted by Gasteiger charge is 2.26. The molecule has 32 heavy (non-hydrogen) atoms. The molecule has 1 saturated heterocycles. The molecular weight excluding hydrogens is 433 g/mol. The first-order valence-corrected chi connectivity index (χ1v) is 11.2. The Hall–Kier alpha value is -2.48. The zero-order chi connectivity index (χ0) is 22.9. The van der Waals surface area contributed by atoms with Crippen LogP contribution in [0.15, 0.2) is 48.5 Å². The van der Waals surface area contributed by atoms with Crippen molar-refractivity contribution in [2.24, 2.45) is 0 Å². The molecule has 1 unspecified atom stereocenters. The van der Waals surface area contributed by atoms with Gasteiger partial charge in [-0.2, -0.15) is 0 Å². The van der Waals surface area contributed by atoms with Crippen LogP contribution in [0.25, 0.3) is 0 Å². The van der Waals surface area contributed by atoms with E-state index in [1.54, 1.807) is 43.3 Å². The van der Waals surface area contributed by atoms with Gasteiger partial charge in [0, 0.05) is 37.7 Å². The Labute approximate surface area is 193 Å². The third-order valence-electron chi connectivity index (χ3n) is 5.53. The van der Waals surface area contributed by atoms with Crippen LogP contribution in [0.3, 0.4) is 0 Å². The van der Waals surface area contributed by atoms with Gasteiger partial charge in [0.25, 0.3) is 0 Å². The lowest BCUT2D eigenvalue weighted by Gasteiger charge is -2.30. The van der Waals surface area contributed by atoms with Crippen molar-refractivity contribution in [3.63, 3.8) is 0 Å². The van der Waals surface area contributed by atoms with Crippen LogP contribution < -0.4 is 5.32 Å². The van der Waals surface area contributed by atoms with Gasteiger partial charge in [-0.1, -0.05) is 35.9 Å². The van der Waals surface area contributed by atoms with Gasteiger partial charge in [-0.05, 0) is 42.3 Å². The second kappa shape index (κ2) is 11.9. The van der Waals surface area contributed by atoms with Gasteiger partial charge in [-0.3, -0.25) is 14.5 Å². The number of amides is 2. The van der Waals surface area contributed by atoms with Gasteiger partial charge in [-0.25, -0.2) is 4.39 Å². The molecule has 2 amide bonds. The number of halogens is 2. The highest BCUT2D eigenvalue weighted by atomic mass is 35.5. The van der Waals surface area contributed by atoms with Crippen LogP contribution in [0.4, 0.5) is 4.39 Å². The first-order valence-electron chi connectivity index (χ1n) is 10.8. The molecule has 1 atom stereocenters. The summed E-state index contributed by atoms with van der Waals surface area (Å²) in [6.45, 7) is 6.27. The highest BCUT2D eigenvalue weighted by Crippen LogP contribution is 2.15. The Balaban J connectivity index is 1.65. The molecule has 0 saturated carbocycles. The van der Waals surface area contributed by atoms with E-state index in [-0.39, 0.29) is 30.6 Å². The van der Waals surface area contributed by atoms with Crippen molar-refractivity contribution in [3.8, 4) is 0 Å². The molecule has 0 bridgehead atoms. The van der Waals surface area contributed by atoms with Crippen LogP contribution in [0.5, 0.6) is 0 Å². The number of benzene rings is 2. The Morgan fingerprint density at radius 3 is 2.38 bits per heavy atom. The molecule has 0 spiro atoms. The fourth-order valence-electron chi connectivity index (χ4n) is 3.56. The van der Waals surface area contributed by atoms with Crippen molar-refractivity contribution in [2.75, 3.05) is 39.4 Å². The second-order valence-electron chi connectivity index (χ2n) is 7.87. The maximum Gasteiger partial charge on any atom is 0.242 e. The van der Waals surface area contributed by atoms with Crippen molar-refractivity contribution < 1.29 is 18.7 Å². The molecule has 1 heterocycles. The number of ether oxygens (including phenoxy) is 1. The molecule has 2 aromatic carbocycles. The van der Waals surface area contributed by atoms with Gasteiger partial charge in [-0.15, -0.1) is 0 Å². The Bertz CT molecular complexity index is 886. The minimum Gasteiger partial charge on any atom is -0.379 e. The van der Waals surface area contributed by atoms with Crippen LogP contribution >= 0.6 is 11.6 Å². The zero-order valence-corrected chi connectivity index (χ0v) is 19.0. The quantitative estimate of drug-likeness (QED) is 0.623. The summed E-state index contributed by atoms with van der Waals surface area (Å²) in [5.41, 5.74) is 1.56. The van der Waals surface area contributed by atoms with Gasteiger partial charge in [0.05, 0.1) is 19.6 Å². The third-order valence-corrected chi connectivity index (χ3v) is 5.79. The number of nitrogens with one attached hydrogen (secondary N) is 1. The summed E-state index contributed by atoms with van der Waals surface area (Å²) in [6, 6.07) is 12.3. The summed E-state index contributed by atoms with van der Waals surface area (Å²) < 4.78 is 18.7. The summed E-state index contributed by atoms with van der Waals surface area (Å²) in [6.07, 6.45) is 0.143. The average Bonchev–Trinajstić information content (AvgIpc) is 2.80. The van der Waals surface area contributed by atoms with Crippen LogP contribution in [0.2, 0.25) is 5.02 Å². The fourth-order valence-corrected chi connectivity index (χ4v) is 3.68. The summed E-state index contributed by atoms with van der Waals surface area (Å²) >= 11 is 5.94. The molecule has 172 valence electrons. The monoisotopic (exact) mass is 461 g/mol. The molecule has 1 N–H and O–H groups in total. The minimum absolute atomic E-state index is 0.143. The molecule has 1 fully saturated rings. The lowest BCUT2D eigenvalue weighted by Crippen LogP contribution is -2.49. The van der Waals surface area contributed by atoms with Crippen molar-refractivity contribution in [2.45, 2.75) is 25.9 Å². The Morgan fingerprint density at radius 2 is 1.72 bits per heavy atom. The normalized spacial score (nSPS) is 15.2. The summed E-state index contributed by atoms with van der Waals surface area (Å²) in [5, 5.41) is 3.53. The van der Waals surface area contributed by atoms with Crippen LogP contribution in [0, 0.1) is 5.82 Å². The number of rotatable bonds is 9.